The molecule has 1 aliphatic heterocycles. The van der Waals surface area contributed by atoms with Gasteiger partial charge in [0.05, 0.1) is 19.8 Å². The van der Waals surface area contributed by atoms with E-state index in [4.69, 9.17) is 4.74 Å². The molecule has 0 atom stereocenters. The van der Waals surface area contributed by atoms with Crippen LogP contribution in [0.3, 0.4) is 0 Å². The fourth-order valence-corrected chi connectivity index (χ4v) is 2.22. The third-order valence-electron chi connectivity index (χ3n) is 3.48. The smallest absolute Gasteiger partial charge is 0.234 e. The third kappa shape index (κ3) is 6.24. The molecule has 1 aromatic rings. The Morgan fingerprint density at radius 1 is 1.05 bits per heavy atom. The van der Waals surface area contributed by atoms with Gasteiger partial charge in [0.25, 0.3) is 0 Å². The number of benzene rings is 1. The number of rotatable bonds is 7. The number of carbonyl (C=O) groups excluding carboxylic acids is 2. The van der Waals surface area contributed by atoms with Crippen LogP contribution in [0.1, 0.15) is 12.0 Å². The summed E-state index contributed by atoms with van der Waals surface area (Å²) in [5.74, 6) is -0.103. The fourth-order valence-electron chi connectivity index (χ4n) is 2.22. The van der Waals surface area contributed by atoms with Crippen molar-refractivity contribution in [2.24, 2.45) is 0 Å². The molecule has 6 nitrogen and oxygen atoms in total. The minimum absolute atomic E-state index is 0.0437. The second-order valence-corrected chi connectivity index (χ2v) is 5.25. The molecule has 1 aromatic carbocycles. The van der Waals surface area contributed by atoms with Gasteiger partial charge in [-0.25, -0.2) is 0 Å². The van der Waals surface area contributed by atoms with E-state index in [-0.39, 0.29) is 11.8 Å². The van der Waals surface area contributed by atoms with Crippen molar-refractivity contribution < 1.29 is 14.3 Å². The Morgan fingerprint density at radius 3 is 2.50 bits per heavy atom. The Kier molecular flexibility index (Phi) is 6.86. The van der Waals surface area contributed by atoms with Gasteiger partial charge in [0.15, 0.2) is 0 Å². The van der Waals surface area contributed by atoms with E-state index in [0.717, 1.165) is 18.7 Å². The molecule has 22 heavy (non-hydrogen) atoms. The first-order chi connectivity index (χ1) is 10.7. The lowest BCUT2D eigenvalue weighted by molar-refractivity contribution is -0.123. The van der Waals surface area contributed by atoms with Gasteiger partial charge in [-0.05, 0) is 5.56 Å². The predicted octanol–water partition coefficient (Wildman–Crippen LogP) is 0.141. The molecule has 1 fully saturated rings. The van der Waals surface area contributed by atoms with Crippen LogP contribution in [0.5, 0.6) is 0 Å². The summed E-state index contributed by atoms with van der Waals surface area (Å²) in [6.07, 6.45) is 0.293. The number of carbonyl (C=O) groups is 2. The zero-order chi connectivity index (χ0) is 15.6. The maximum absolute atomic E-state index is 11.7. The first-order valence-electron chi connectivity index (χ1n) is 7.61. The Balaban J connectivity index is 1.55. The molecule has 0 aliphatic carbocycles. The van der Waals surface area contributed by atoms with Crippen molar-refractivity contribution in [3.8, 4) is 0 Å². The molecular weight excluding hydrogens is 282 g/mol. The maximum atomic E-state index is 11.7. The third-order valence-corrected chi connectivity index (χ3v) is 3.48. The molecule has 6 heteroatoms. The number of amides is 2. The summed E-state index contributed by atoms with van der Waals surface area (Å²) in [7, 11) is 0. The second kappa shape index (κ2) is 9.17. The van der Waals surface area contributed by atoms with E-state index >= 15 is 0 Å². The van der Waals surface area contributed by atoms with Gasteiger partial charge in [0.2, 0.25) is 11.8 Å². The second-order valence-electron chi connectivity index (χ2n) is 5.25. The van der Waals surface area contributed by atoms with E-state index in [0.29, 0.717) is 39.3 Å². The van der Waals surface area contributed by atoms with Gasteiger partial charge in [-0.1, -0.05) is 30.3 Å². The van der Waals surface area contributed by atoms with Gasteiger partial charge in [-0.15, -0.1) is 0 Å². The SMILES string of the molecule is O=C(CCNC(=O)CN1CCOCC1)NCc1ccccc1. The number of hydrogen-bond acceptors (Lipinski definition) is 4. The normalized spacial score (nSPS) is 15.3. The molecule has 0 unspecified atom stereocenters. The zero-order valence-electron chi connectivity index (χ0n) is 12.7. The molecule has 1 heterocycles. The van der Waals surface area contributed by atoms with Gasteiger partial charge < -0.3 is 15.4 Å². The summed E-state index contributed by atoms with van der Waals surface area (Å²) in [6.45, 7) is 4.17. The van der Waals surface area contributed by atoms with Crippen LogP contribution in [0.25, 0.3) is 0 Å². The van der Waals surface area contributed by atoms with E-state index in [1.165, 1.54) is 0 Å². The highest BCUT2D eigenvalue weighted by Crippen LogP contribution is 1.97. The molecular formula is C16H23N3O3. The van der Waals surface area contributed by atoms with Gasteiger partial charge in [-0.3, -0.25) is 14.5 Å². The average Bonchev–Trinajstić information content (AvgIpc) is 2.55. The molecule has 0 bridgehead atoms. The predicted molar refractivity (Wildman–Crippen MR) is 83.2 cm³/mol. The lowest BCUT2D eigenvalue weighted by Gasteiger charge is -2.25. The van der Waals surface area contributed by atoms with Gasteiger partial charge >= 0.3 is 0 Å². The van der Waals surface area contributed by atoms with Crippen molar-refractivity contribution in [3.63, 3.8) is 0 Å². The molecule has 1 aliphatic rings. The molecule has 120 valence electrons. The molecule has 0 saturated carbocycles. The number of nitrogens with zero attached hydrogens (tertiary/aromatic N) is 1. The van der Waals surface area contributed by atoms with E-state index in [9.17, 15) is 9.59 Å². The Hall–Kier alpha value is -1.92. The Bertz CT molecular complexity index is 473. The highest BCUT2D eigenvalue weighted by atomic mass is 16.5. The Morgan fingerprint density at radius 2 is 1.77 bits per heavy atom. The van der Waals surface area contributed by atoms with E-state index < -0.39 is 0 Å². The van der Waals surface area contributed by atoms with Crippen LogP contribution in [0.4, 0.5) is 0 Å². The largest absolute Gasteiger partial charge is 0.379 e. The fraction of sp³-hybridized carbons (Fsp3) is 0.500. The molecule has 1 saturated heterocycles. The maximum Gasteiger partial charge on any atom is 0.234 e. The van der Waals surface area contributed by atoms with Crippen molar-refractivity contribution in [1.82, 2.24) is 15.5 Å². The van der Waals surface area contributed by atoms with E-state index in [1.807, 2.05) is 35.2 Å². The molecule has 2 amide bonds. The first-order valence-corrected chi connectivity index (χ1v) is 7.61. The highest BCUT2D eigenvalue weighted by molar-refractivity contribution is 5.80. The number of morpholine rings is 1. The summed E-state index contributed by atoms with van der Waals surface area (Å²) in [5, 5.41) is 5.61. The van der Waals surface area contributed by atoms with Crippen molar-refractivity contribution >= 4 is 11.8 Å². The molecule has 2 rings (SSSR count). The molecule has 0 aromatic heterocycles. The molecule has 2 N–H and O–H groups in total. The minimum atomic E-state index is -0.0597. The van der Waals surface area contributed by atoms with Gasteiger partial charge in [-0.2, -0.15) is 0 Å². The first kappa shape index (κ1) is 16.5. The van der Waals surface area contributed by atoms with Crippen LogP contribution < -0.4 is 10.6 Å². The van der Waals surface area contributed by atoms with Gasteiger partial charge in [0, 0.05) is 32.6 Å². The van der Waals surface area contributed by atoms with Crippen molar-refractivity contribution in [3.05, 3.63) is 35.9 Å². The number of nitrogens with one attached hydrogen (secondary N) is 2. The van der Waals surface area contributed by atoms with Crippen LogP contribution in [0, 0.1) is 0 Å². The number of hydrogen-bond donors (Lipinski definition) is 2. The minimum Gasteiger partial charge on any atom is -0.379 e. The van der Waals surface area contributed by atoms with Crippen molar-refractivity contribution in [2.45, 2.75) is 13.0 Å². The lowest BCUT2D eigenvalue weighted by atomic mass is 10.2. The summed E-state index contributed by atoms with van der Waals surface area (Å²) < 4.78 is 5.23. The van der Waals surface area contributed by atoms with Crippen LogP contribution in [-0.4, -0.2) is 56.1 Å². The monoisotopic (exact) mass is 305 g/mol. The van der Waals surface area contributed by atoms with E-state index in [1.54, 1.807) is 0 Å². The average molecular weight is 305 g/mol. The molecule has 0 radical (unpaired) electrons. The summed E-state index contributed by atoms with van der Waals surface area (Å²) >= 11 is 0. The quantitative estimate of drug-likeness (QED) is 0.752. The summed E-state index contributed by atoms with van der Waals surface area (Å²) in [5.41, 5.74) is 1.06. The highest BCUT2D eigenvalue weighted by Gasteiger charge is 2.13. The van der Waals surface area contributed by atoms with Crippen molar-refractivity contribution in [2.75, 3.05) is 39.4 Å². The molecule has 0 spiro atoms. The zero-order valence-corrected chi connectivity index (χ0v) is 12.7. The Labute approximate surface area is 130 Å². The summed E-state index contributed by atoms with van der Waals surface area (Å²) in [6, 6.07) is 9.74. The van der Waals surface area contributed by atoms with E-state index in [2.05, 4.69) is 10.6 Å². The van der Waals surface area contributed by atoms with Gasteiger partial charge in [0.1, 0.15) is 0 Å². The van der Waals surface area contributed by atoms with Crippen LogP contribution in [0.2, 0.25) is 0 Å². The van der Waals surface area contributed by atoms with Crippen LogP contribution in [0.15, 0.2) is 30.3 Å². The van der Waals surface area contributed by atoms with Crippen LogP contribution >= 0.6 is 0 Å². The standard InChI is InChI=1S/C16H23N3O3/c20-15(18-12-14-4-2-1-3-5-14)6-7-17-16(21)13-19-8-10-22-11-9-19/h1-5H,6-13H2,(H,17,21)(H,18,20). The topological polar surface area (TPSA) is 70.7 Å². The lowest BCUT2D eigenvalue weighted by Crippen LogP contribution is -2.43. The number of ether oxygens (including phenoxy) is 1. The van der Waals surface area contributed by atoms with Crippen LogP contribution in [-0.2, 0) is 20.9 Å². The van der Waals surface area contributed by atoms with Crippen molar-refractivity contribution in [1.29, 1.82) is 0 Å². The summed E-state index contributed by atoms with van der Waals surface area (Å²) in [4.78, 5) is 25.5.